The number of carbonyl (C=O) groups excluding carboxylic acids is 1. The first kappa shape index (κ1) is 15.8. The fraction of sp³-hybridized carbons (Fsp3) is 0.526. The Kier molecular flexibility index (Phi) is 5.60. The van der Waals surface area contributed by atoms with Gasteiger partial charge in [0, 0.05) is 18.7 Å². The molecule has 0 radical (unpaired) electrons. The SMILES string of the molecule is CC[C@H]1CCCCN1C(=O)/C=C/c1ccc(C(C)C)cc1. The third kappa shape index (κ3) is 4.20. The molecule has 1 saturated heterocycles. The lowest BCUT2D eigenvalue weighted by molar-refractivity contribution is -0.129. The molecular formula is C19H27NO. The minimum Gasteiger partial charge on any atom is -0.336 e. The number of benzene rings is 1. The maximum absolute atomic E-state index is 12.4. The second kappa shape index (κ2) is 7.44. The summed E-state index contributed by atoms with van der Waals surface area (Å²) in [5, 5.41) is 0. The van der Waals surface area contributed by atoms with Crippen molar-refractivity contribution in [1.29, 1.82) is 0 Å². The second-order valence-corrected chi connectivity index (χ2v) is 6.24. The van der Waals surface area contributed by atoms with Crippen molar-refractivity contribution in [2.45, 2.75) is 58.4 Å². The van der Waals surface area contributed by atoms with Crippen molar-refractivity contribution in [2.75, 3.05) is 6.54 Å². The zero-order chi connectivity index (χ0) is 15.2. The van der Waals surface area contributed by atoms with Crippen LogP contribution in [0.5, 0.6) is 0 Å². The number of carbonyl (C=O) groups is 1. The van der Waals surface area contributed by atoms with Crippen molar-refractivity contribution in [3.05, 3.63) is 41.5 Å². The van der Waals surface area contributed by atoms with E-state index in [0.717, 1.165) is 31.4 Å². The molecule has 0 bridgehead atoms. The lowest BCUT2D eigenvalue weighted by Crippen LogP contribution is -2.42. The largest absolute Gasteiger partial charge is 0.336 e. The maximum Gasteiger partial charge on any atom is 0.246 e. The number of hydrogen-bond acceptors (Lipinski definition) is 1. The van der Waals surface area contributed by atoms with Gasteiger partial charge in [-0.25, -0.2) is 0 Å². The predicted octanol–water partition coefficient (Wildman–Crippen LogP) is 4.61. The van der Waals surface area contributed by atoms with Gasteiger partial charge in [0.15, 0.2) is 0 Å². The summed E-state index contributed by atoms with van der Waals surface area (Å²) in [5.41, 5.74) is 2.43. The highest BCUT2D eigenvalue weighted by Gasteiger charge is 2.23. The summed E-state index contributed by atoms with van der Waals surface area (Å²) in [6.45, 7) is 7.46. The van der Waals surface area contributed by atoms with Crippen molar-refractivity contribution in [3.63, 3.8) is 0 Å². The van der Waals surface area contributed by atoms with E-state index in [1.165, 1.54) is 12.0 Å². The number of rotatable bonds is 4. The molecule has 0 saturated carbocycles. The van der Waals surface area contributed by atoms with Gasteiger partial charge in [-0.1, -0.05) is 45.0 Å². The van der Waals surface area contributed by atoms with Gasteiger partial charge in [-0.15, -0.1) is 0 Å². The average molecular weight is 285 g/mol. The topological polar surface area (TPSA) is 20.3 Å². The molecule has 0 unspecified atom stereocenters. The highest BCUT2D eigenvalue weighted by molar-refractivity contribution is 5.92. The Morgan fingerprint density at radius 3 is 2.62 bits per heavy atom. The van der Waals surface area contributed by atoms with Crippen LogP contribution in [0.2, 0.25) is 0 Å². The zero-order valence-electron chi connectivity index (χ0n) is 13.5. The van der Waals surface area contributed by atoms with E-state index < -0.39 is 0 Å². The Labute approximate surface area is 128 Å². The number of amides is 1. The van der Waals surface area contributed by atoms with Gasteiger partial charge < -0.3 is 4.90 Å². The van der Waals surface area contributed by atoms with E-state index in [0.29, 0.717) is 12.0 Å². The first-order valence-electron chi connectivity index (χ1n) is 8.20. The summed E-state index contributed by atoms with van der Waals surface area (Å²) in [4.78, 5) is 14.4. The van der Waals surface area contributed by atoms with Crippen LogP contribution in [0.4, 0.5) is 0 Å². The predicted molar refractivity (Wildman–Crippen MR) is 89.2 cm³/mol. The molecular weight excluding hydrogens is 258 g/mol. The third-order valence-electron chi connectivity index (χ3n) is 4.40. The van der Waals surface area contributed by atoms with Crippen LogP contribution in [0.3, 0.4) is 0 Å². The van der Waals surface area contributed by atoms with E-state index in [1.807, 2.05) is 11.0 Å². The van der Waals surface area contributed by atoms with Crippen LogP contribution in [-0.2, 0) is 4.79 Å². The molecule has 1 aliphatic heterocycles. The first-order chi connectivity index (χ1) is 10.1. The monoisotopic (exact) mass is 285 g/mol. The van der Waals surface area contributed by atoms with E-state index in [9.17, 15) is 4.79 Å². The van der Waals surface area contributed by atoms with Crippen LogP contribution in [0, 0.1) is 0 Å². The summed E-state index contributed by atoms with van der Waals surface area (Å²) >= 11 is 0. The summed E-state index contributed by atoms with van der Waals surface area (Å²) in [6.07, 6.45) is 8.27. The average Bonchev–Trinajstić information content (AvgIpc) is 2.52. The summed E-state index contributed by atoms with van der Waals surface area (Å²) in [7, 11) is 0. The fourth-order valence-corrected chi connectivity index (χ4v) is 2.97. The number of likely N-dealkylation sites (tertiary alicyclic amines) is 1. The molecule has 0 N–H and O–H groups in total. The molecule has 1 aliphatic rings. The second-order valence-electron chi connectivity index (χ2n) is 6.24. The van der Waals surface area contributed by atoms with Gasteiger partial charge in [0.25, 0.3) is 0 Å². The lowest BCUT2D eigenvalue weighted by atomic mass is 9.99. The van der Waals surface area contributed by atoms with Gasteiger partial charge in [-0.05, 0) is 48.8 Å². The molecule has 1 aromatic carbocycles. The molecule has 1 fully saturated rings. The molecule has 21 heavy (non-hydrogen) atoms. The number of nitrogens with zero attached hydrogens (tertiary/aromatic N) is 1. The maximum atomic E-state index is 12.4. The van der Waals surface area contributed by atoms with Gasteiger partial charge in [-0.3, -0.25) is 4.79 Å². The van der Waals surface area contributed by atoms with E-state index in [1.54, 1.807) is 6.08 Å². The highest BCUT2D eigenvalue weighted by Crippen LogP contribution is 2.20. The smallest absolute Gasteiger partial charge is 0.246 e. The van der Waals surface area contributed by atoms with Crippen molar-refractivity contribution < 1.29 is 4.79 Å². The Morgan fingerprint density at radius 2 is 2.00 bits per heavy atom. The fourth-order valence-electron chi connectivity index (χ4n) is 2.97. The molecule has 114 valence electrons. The molecule has 1 aromatic rings. The molecule has 1 amide bonds. The Morgan fingerprint density at radius 1 is 1.29 bits per heavy atom. The van der Waals surface area contributed by atoms with E-state index in [2.05, 4.69) is 45.0 Å². The van der Waals surface area contributed by atoms with Crippen LogP contribution >= 0.6 is 0 Å². The van der Waals surface area contributed by atoms with Gasteiger partial charge >= 0.3 is 0 Å². The van der Waals surface area contributed by atoms with Gasteiger partial charge in [0.2, 0.25) is 5.91 Å². The molecule has 0 spiro atoms. The molecule has 2 nitrogen and oxygen atoms in total. The van der Waals surface area contributed by atoms with Crippen LogP contribution in [0.1, 0.15) is 63.5 Å². The summed E-state index contributed by atoms with van der Waals surface area (Å²) in [5.74, 6) is 0.706. The molecule has 1 heterocycles. The van der Waals surface area contributed by atoms with Crippen molar-refractivity contribution in [2.24, 2.45) is 0 Å². The van der Waals surface area contributed by atoms with Crippen molar-refractivity contribution in [3.8, 4) is 0 Å². The summed E-state index contributed by atoms with van der Waals surface area (Å²) in [6, 6.07) is 8.90. The highest BCUT2D eigenvalue weighted by atomic mass is 16.2. The lowest BCUT2D eigenvalue weighted by Gasteiger charge is -2.34. The Hall–Kier alpha value is -1.57. The number of piperidine rings is 1. The van der Waals surface area contributed by atoms with Crippen LogP contribution in [0.25, 0.3) is 6.08 Å². The molecule has 0 aliphatic carbocycles. The standard InChI is InChI=1S/C19H27NO/c1-4-18-7-5-6-14-20(18)19(21)13-10-16-8-11-17(12-9-16)15(2)3/h8-13,15,18H,4-7,14H2,1-3H3/b13-10+/t18-/m0/s1. The van der Waals surface area contributed by atoms with Crippen LogP contribution in [-0.4, -0.2) is 23.4 Å². The quantitative estimate of drug-likeness (QED) is 0.739. The molecule has 2 heteroatoms. The van der Waals surface area contributed by atoms with Crippen molar-refractivity contribution in [1.82, 2.24) is 4.90 Å². The van der Waals surface area contributed by atoms with Crippen LogP contribution < -0.4 is 0 Å². The van der Waals surface area contributed by atoms with E-state index in [4.69, 9.17) is 0 Å². The molecule has 0 aromatic heterocycles. The first-order valence-corrected chi connectivity index (χ1v) is 8.20. The Bertz CT molecular complexity index is 487. The minimum absolute atomic E-state index is 0.162. The van der Waals surface area contributed by atoms with Crippen molar-refractivity contribution >= 4 is 12.0 Å². The zero-order valence-corrected chi connectivity index (χ0v) is 13.5. The van der Waals surface area contributed by atoms with Gasteiger partial charge in [-0.2, -0.15) is 0 Å². The van der Waals surface area contributed by atoms with E-state index in [-0.39, 0.29) is 5.91 Å². The minimum atomic E-state index is 0.162. The Balaban J connectivity index is 2.00. The van der Waals surface area contributed by atoms with Gasteiger partial charge in [0.1, 0.15) is 0 Å². The molecule has 2 rings (SSSR count). The summed E-state index contributed by atoms with van der Waals surface area (Å²) < 4.78 is 0. The number of hydrogen-bond donors (Lipinski definition) is 0. The van der Waals surface area contributed by atoms with Crippen LogP contribution in [0.15, 0.2) is 30.3 Å². The van der Waals surface area contributed by atoms with E-state index >= 15 is 0 Å². The third-order valence-corrected chi connectivity index (χ3v) is 4.40. The van der Waals surface area contributed by atoms with Gasteiger partial charge in [0.05, 0.1) is 0 Å². The normalized spacial score (nSPS) is 19.4. The molecule has 1 atom stereocenters.